The summed E-state index contributed by atoms with van der Waals surface area (Å²) in [6, 6.07) is 0.680. The Labute approximate surface area is 126 Å². The molecule has 2 rings (SSSR count). The van der Waals surface area contributed by atoms with Crippen LogP contribution in [-0.4, -0.2) is 62.2 Å². The molecule has 2 aliphatic heterocycles. The van der Waals surface area contributed by atoms with Crippen molar-refractivity contribution in [3.05, 3.63) is 0 Å². The van der Waals surface area contributed by atoms with E-state index >= 15 is 0 Å². The first kappa shape index (κ1) is 16.3. The zero-order valence-corrected chi connectivity index (χ0v) is 13.9. The van der Waals surface area contributed by atoms with Crippen LogP contribution in [0.15, 0.2) is 0 Å². The van der Waals surface area contributed by atoms with E-state index in [1.165, 1.54) is 71.4 Å². The summed E-state index contributed by atoms with van der Waals surface area (Å²) in [6.45, 7) is 12.5. The molecular formula is C17H35N3. The molecular weight excluding hydrogens is 246 g/mol. The smallest absolute Gasteiger partial charge is 0.00792 e. The molecule has 3 nitrogen and oxygen atoms in total. The third-order valence-corrected chi connectivity index (χ3v) is 5.36. The van der Waals surface area contributed by atoms with E-state index < -0.39 is 0 Å². The van der Waals surface area contributed by atoms with E-state index in [0.29, 0.717) is 6.04 Å². The van der Waals surface area contributed by atoms with E-state index in [9.17, 15) is 0 Å². The molecule has 0 aromatic carbocycles. The maximum atomic E-state index is 3.77. The molecule has 0 radical (unpaired) electrons. The average molecular weight is 281 g/mol. The first-order valence-corrected chi connectivity index (χ1v) is 8.79. The molecule has 2 saturated heterocycles. The number of nitrogens with zero attached hydrogens (tertiary/aromatic N) is 2. The van der Waals surface area contributed by atoms with Crippen LogP contribution < -0.4 is 5.32 Å². The standard InChI is InChI=1S/C17H35N3/c1-15-7-12-20(13-8-15)11-5-9-18-16(2)17-6-4-10-19(3)14-17/h15-18H,4-14H2,1-3H3. The van der Waals surface area contributed by atoms with Crippen LogP contribution in [0.5, 0.6) is 0 Å². The molecule has 0 saturated carbocycles. The van der Waals surface area contributed by atoms with Gasteiger partial charge in [0, 0.05) is 12.6 Å². The second kappa shape index (κ2) is 8.35. The third-order valence-electron chi connectivity index (χ3n) is 5.36. The summed E-state index contributed by atoms with van der Waals surface area (Å²) in [5, 5.41) is 3.77. The summed E-state index contributed by atoms with van der Waals surface area (Å²) in [4.78, 5) is 5.14. The lowest BCUT2D eigenvalue weighted by molar-refractivity contribution is 0.172. The van der Waals surface area contributed by atoms with Gasteiger partial charge in [0.05, 0.1) is 0 Å². The highest BCUT2D eigenvalue weighted by molar-refractivity contribution is 4.79. The van der Waals surface area contributed by atoms with Crippen LogP contribution in [0.1, 0.15) is 46.0 Å². The minimum Gasteiger partial charge on any atom is -0.314 e. The van der Waals surface area contributed by atoms with E-state index in [0.717, 1.165) is 11.8 Å². The monoisotopic (exact) mass is 281 g/mol. The Morgan fingerprint density at radius 2 is 1.90 bits per heavy atom. The van der Waals surface area contributed by atoms with Gasteiger partial charge in [0.15, 0.2) is 0 Å². The Kier molecular flexibility index (Phi) is 6.79. The summed E-state index contributed by atoms with van der Waals surface area (Å²) in [6.07, 6.45) is 6.89. The Morgan fingerprint density at radius 3 is 2.60 bits per heavy atom. The highest BCUT2D eigenvalue weighted by Gasteiger charge is 2.22. The van der Waals surface area contributed by atoms with Crippen molar-refractivity contribution in [1.82, 2.24) is 15.1 Å². The Balaban J connectivity index is 1.54. The van der Waals surface area contributed by atoms with Crippen molar-refractivity contribution >= 4 is 0 Å². The lowest BCUT2D eigenvalue weighted by Gasteiger charge is -2.34. The molecule has 0 aromatic heterocycles. The van der Waals surface area contributed by atoms with Crippen LogP contribution in [0.25, 0.3) is 0 Å². The molecule has 2 heterocycles. The summed E-state index contributed by atoms with van der Waals surface area (Å²) >= 11 is 0. The first-order chi connectivity index (χ1) is 9.65. The molecule has 0 amide bonds. The largest absolute Gasteiger partial charge is 0.314 e. The molecule has 1 N–H and O–H groups in total. The van der Waals surface area contributed by atoms with Crippen LogP contribution in [0.4, 0.5) is 0 Å². The fourth-order valence-electron chi connectivity index (χ4n) is 3.70. The summed E-state index contributed by atoms with van der Waals surface area (Å²) in [5.74, 6) is 1.80. The van der Waals surface area contributed by atoms with Gasteiger partial charge >= 0.3 is 0 Å². The highest BCUT2D eigenvalue weighted by atomic mass is 15.1. The number of hydrogen-bond donors (Lipinski definition) is 1. The van der Waals surface area contributed by atoms with E-state index in [-0.39, 0.29) is 0 Å². The third kappa shape index (κ3) is 5.34. The van der Waals surface area contributed by atoms with Gasteiger partial charge in [0.1, 0.15) is 0 Å². The first-order valence-electron chi connectivity index (χ1n) is 8.79. The molecule has 0 aliphatic carbocycles. The van der Waals surface area contributed by atoms with Crippen molar-refractivity contribution in [2.75, 3.05) is 46.3 Å². The molecule has 118 valence electrons. The van der Waals surface area contributed by atoms with Gasteiger partial charge in [-0.15, -0.1) is 0 Å². The van der Waals surface area contributed by atoms with Crippen LogP contribution in [-0.2, 0) is 0 Å². The highest BCUT2D eigenvalue weighted by Crippen LogP contribution is 2.18. The number of nitrogens with one attached hydrogen (secondary N) is 1. The van der Waals surface area contributed by atoms with Crippen molar-refractivity contribution in [3.8, 4) is 0 Å². The summed E-state index contributed by atoms with van der Waals surface area (Å²) in [7, 11) is 2.26. The topological polar surface area (TPSA) is 18.5 Å². The zero-order chi connectivity index (χ0) is 14.4. The van der Waals surface area contributed by atoms with Crippen molar-refractivity contribution in [2.45, 2.75) is 52.0 Å². The molecule has 3 heteroatoms. The molecule has 0 bridgehead atoms. The number of piperidine rings is 2. The van der Waals surface area contributed by atoms with E-state index in [1.807, 2.05) is 0 Å². The lowest BCUT2D eigenvalue weighted by atomic mass is 9.92. The van der Waals surface area contributed by atoms with E-state index in [2.05, 4.69) is 36.0 Å². The van der Waals surface area contributed by atoms with E-state index in [1.54, 1.807) is 0 Å². The van der Waals surface area contributed by atoms with Gasteiger partial charge in [-0.2, -0.15) is 0 Å². The summed E-state index contributed by atoms with van der Waals surface area (Å²) in [5.41, 5.74) is 0. The zero-order valence-electron chi connectivity index (χ0n) is 13.9. The van der Waals surface area contributed by atoms with Crippen molar-refractivity contribution < 1.29 is 0 Å². The maximum Gasteiger partial charge on any atom is 0.00792 e. The van der Waals surface area contributed by atoms with Gasteiger partial charge in [-0.25, -0.2) is 0 Å². The minimum absolute atomic E-state index is 0.680. The maximum absolute atomic E-state index is 3.77. The average Bonchev–Trinajstić information content (AvgIpc) is 2.45. The molecule has 2 atom stereocenters. The normalized spacial score (nSPS) is 28.6. The van der Waals surface area contributed by atoms with Crippen LogP contribution in [0.2, 0.25) is 0 Å². The Morgan fingerprint density at radius 1 is 1.15 bits per heavy atom. The van der Waals surface area contributed by atoms with E-state index in [4.69, 9.17) is 0 Å². The molecule has 2 fully saturated rings. The Bertz CT molecular complexity index is 261. The predicted octanol–water partition coefficient (Wildman–Crippen LogP) is 2.43. The molecule has 0 aromatic rings. The number of hydrogen-bond acceptors (Lipinski definition) is 3. The van der Waals surface area contributed by atoms with Gasteiger partial charge in [-0.05, 0) is 90.6 Å². The molecule has 0 spiro atoms. The minimum atomic E-state index is 0.680. The van der Waals surface area contributed by atoms with Gasteiger partial charge in [-0.1, -0.05) is 6.92 Å². The SMILES string of the molecule is CC1CCN(CCCNC(C)C2CCCN(C)C2)CC1. The van der Waals surface area contributed by atoms with Crippen molar-refractivity contribution in [1.29, 1.82) is 0 Å². The second-order valence-electron chi connectivity index (χ2n) is 7.29. The van der Waals surface area contributed by atoms with Crippen molar-refractivity contribution in [2.24, 2.45) is 11.8 Å². The van der Waals surface area contributed by atoms with Crippen LogP contribution in [0, 0.1) is 11.8 Å². The molecule has 2 unspecified atom stereocenters. The fraction of sp³-hybridized carbons (Fsp3) is 1.00. The number of likely N-dealkylation sites (tertiary alicyclic amines) is 2. The van der Waals surface area contributed by atoms with Gasteiger partial charge in [0.25, 0.3) is 0 Å². The predicted molar refractivity (Wildman–Crippen MR) is 87.1 cm³/mol. The molecule has 20 heavy (non-hydrogen) atoms. The fourth-order valence-corrected chi connectivity index (χ4v) is 3.70. The van der Waals surface area contributed by atoms with Gasteiger partial charge < -0.3 is 15.1 Å². The van der Waals surface area contributed by atoms with Gasteiger partial charge in [-0.3, -0.25) is 0 Å². The van der Waals surface area contributed by atoms with Gasteiger partial charge in [0.2, 0.25) is 0 Å². The lowest BCUT2D eigenvalue weighted by Crippen LogP contribution is -2.43. The Hall–Kier alpha value is -0.120. The van der Waals surface area contributed by atoms with Crippen LogP contribution in [0.3, 0.4) is 0 Å². The number of rotatable bonds is 6. The summed E-state index contributed by atoms with van der Waals surface area (Å²) < 4.78 is 0. The quantitative estimate of drug-likeness (QED) is 0.754. The second-order valence-corrected chi connectivity index (χ2v) is 7.29. The molecule has 2 aliphatic rings. The van der Waals surface area contributed by atoms with Crippen LogP contribution >= 0.6 is 0 Å². The van der Waals surface area contributed by atoms with Crippen molar-refractivity contribution in [3.63, 3.8) is 0 Å².